The predicted octanol–water partition coefficient (Wildman–Crippen LogP) is 3.00. The molecule has 1 aliphatic heterocycles. The van der Waals surface area contributed by atoms with Gasteiger partial charge in [-0.25, -0.2) is 8.51 Å². The summed E-state index contributed by atoms with van der Waals surface area (Å²) < 4.78 is 21.9. The van der Waals surface area contributed by atoms with Crippen LogP contribution in [0.4, 0.5) is 5.69 Å². The van der Waals surface area contributed by atoms with Gasteiger partial charge < -0.3 is 9.64 Å². The first-order chi connectivity index (χ1) is 15.0. The highest BCUT2D eigenvalue weighted by Crippen LogP contribution is 2.33. The van der Waals surface area contributed by atoms with Crippen LogP contribution in [0.2, 0.25) is 0 Å². The quantitative estimate of drug-likeness (QED) is 0.556. The van der Waals surface area contributed by atoms with Crippen molar-refractivity contribution in [3.05, 3.63) is 46.9 Å². The Bertz CT molecular complexity index is 951. The van der Waals surface area contributed by atoms with Gasteiger partial charge >= 0.3 is 5.56 Å². The van der Waals surface area contributed by atoms with E-state index in [1.165, 1.54) is 17.5 Å². The highest BCUT2D eigenvalue weighted by Gasteiger charge is 2.27. The second kappa shape index (κ2) is 9.96. The maximum Gasteiger partial charge on any atom is 0.316 e. The van der Waals surface area contributed by atoms with Crippen LogP contribution in [0.1, 0.15) is 39.5 Å². The molecule has 0 spiro atoms. The first kappa shape index (κ1) is 22.0. The normalized spacial score (nSPS) is 18.4. The van der Waals surface area contributed by atoms with Crippen LogP contribution in [-0.4, -0.2) is 56.3 Å². The molecule has 1 unspecified atom stereocenters. The first-order valence-electron chi connectivity index (χ1n) is 11.3. The maximum absolute atomic E-state index is 13.3. The molecule has 1 aromatic carbocycles. The number of ether oxygens (including phenoxy) is 1. The lowest BCUT2D eigenvalue weighted by Gasteiger charge is -2.36. The predicted molar refractivity (Wildman–Crippen MR) is 124 cm³/mol. The van der Waals surface area contributed by atoms with Gasteiger partial charge in [0.15, 0.2) is 0 Å². The Hall–Kier alpha value is -2.19. The first-order valence-corrected chi connectivity index (χ1v) is 12.4. The number of piperazine rings is 1. The molecule has 1 saturated carbocycles. The van der Waals surface area contributed by atoms with Gasteiger partial charge in [0.05, 0.1) is 29.5 Å². The fraction of sp³-hybridized carbons (Fsp3) is 0.565. The molecular formula is C23H32N4O3S. The van der Waals surface area contributed by atoms with Crippen LogP contribution in [0, 0.1) is 5.92 Å². The lowest BCUT2D eigenvalue weighted by molar-refractivity contribution is 0.296. The lowest BCUT2D eigenvalue weighted by Crippen LogP contribution is -2.48. The zero-order chi connectivity index (χ0) is 21.8. The van der Waals surface area contributed by atoms with Crippen LogP contribution in [0.3, 0.4) is 0 Å². The molecule has 0 bridgehead atoms. The SMILES string of the molecule is CC(C)S(=O)N1CCN(c2cnn(-c3ccccc3)c(=O)c2OCCCC2CC2)CC1. The summed E-state index contributed by atoms with van der Waals surface area (Å²) >= 11 is 0. The molecule has 1 saturated heterocycles. The van der Waals surface area contributed by atoms with Gasteiger partial charge in [0.1, 0.15) is 5.69 Å². The third-order valence-corrected chi connectivity index (χ3v) is 7.53. The Morgan fingerprint density at radius 2 is 1.84 bits per heavy atom. The summed E-state index contributed by atoms with van der Waals surface area (Å²) in [5.74, 6) is 1.21. The van der Waals surface area contributed by atoms with E-state index < -0.39 is 11.0 Å². The minimum Gasteiger partial charge on any atom is -0.486 e. The molecule has 2 aliphatic rings. The van der Waals surface area contributed by atoms with Crippen molar-refractivity contribution in [2.24, 2.45) is 5.92 Å². The largest absolute Gasteiger partial charge is 0.486 e. The fourth-order valence-electron chi connectivity index (χ4n) is 3.90. The Labute approximate surface area is 186 Å². The van der Waals surface area contributed by atoms with Gasteiger partial charge in [-0.1, -0.05) is 31.0 Å². The smallest absolute Gasteiger partial charge is 0.316 e. The van der Waals surface area contributed by atoms with Crippen LogP contribution in [-0.2, 0) is 11.0 Å². The average Bonchev–Trinajstić information content (AvgIpc) is 3.62. The summed E-state index contributed by atoms with van der Waals surface area (Å²) in [6.45, 7) is 7.24. The standard InChI is InChI=1S/C23H32N4O3S/c1-18(2)31(29)26-14-12-25(13-15-26)21-17-24-27(20-8-4-3-5-9-20)23(28)22(21)30-16-6-7-19-10-11-19/h3-5,8-9,17-19H,6-7,10-16H2,1-2H3. The molecule has 0 radical (unpaired) electrons. The van der Waals surface area contributed by atoms with Crippen LogP contribution >= 0.6 is 0 Å². The van der Waals surface area contributed by atoms with Gasteiger partial charge in [-0.2, -0.15) is 9.78 Å². The topological polar surface area (TPSA) is 67.7 Å². The summed E-state index contributed by atoms with van der Waals surface area (Å²) in [5, 5.41) is 4.55. The molecule has 168 valence electrons. The highest BCUT2D eigenvalue weighted by atomic mass is 32.2. The molecule has 1 aromatic heterocycles. The molecule has 4 rings (SSSR count). The number of anilines is 1. The van der Waals surface area contributed by atoms with Crippen molar-refractivity contribution < 1.29 is 8.95 Å². The summed E-state index contributed by atoms with van der Waals surface area (Å²) in [7, 11) is -0.979. The summed E-state index contributed by atoms with van der Waals surface area (Å²) in [4.78, 5) is 15.5. The Morgan fingerprint density at radius 1 is 1.13 bits per heavy atom. The van der Waals surface area contributed by atoms with E-state index in [2.05, 4.69) is 10.00 Å². The fourth-order valence-corrected chi connectivity index (χ4v) is 5.02. The van der Waals surface area contributed by atoms with E-state index in [0.717, 1.165) is 30.1 Å². The van der Waals surface area contributed by atoms with Crippen molar-refractivity contribution in [3.8, 4) is 11.4 Å². The van der Waals surface area contributed by atoms with E-state index in [4.69, 9.17) is 4.74 Å². The number of aromatic nitrogens is 2. The molecule has 8 heteroatoms. The summed E-state index contributed by atoms with van der Waals surface area (Å²) in [6, 6.07) is 9.43. The van der Waals surface area contributed by atoms with Gasteiger partial charge in [-0.05, 0) is 44.7 Å². The van der Waals surface area contributed by atoms with E-state index in [1.807, 2.05) is 48.5 Å². The zero-order valence-electron chi connectivity index (χ0n) is 18.4. The molecule has 1 atom stereocenters. The number of benzene rings is 1. The molecule has 1 aliphatic carbocycles. The van der Waals surface area contributed by atoms with Gasteiger partial charge in [0, 0.05) is 31.4 Å². The van der Waals surface area contributed by atoms with Crippen molar-refractivity contribution in [2.75, 3.05) is 37.7 Å². The Morgan fingerprint density at radius 3 is 2.48 bits per heavy atom. The third kappa shape index (κ3) is 5.36. The van der Waals surface area contributed by atoms with E-state index in [-0.39, 0.29) is 10.8 Å². The van der Waals surface area contributed by atoms with E-state index in [0.29, 0.717) is 38.5 Å². The molecule has 2 fully saturated rings. The summed E-state index contributed by atoms with van der Waals surface area (Å²) in [6.07, 6.45) is 6.50. The molecular weight excluding hydrogens is 412 g/mol. The van der Waals surface area contributed by atoms with Crippen LogP contribution < -0.4 is 15.2 Å². The molecule has 0 amide bonds. The zero-order valence-corrected chi connectivity index (χ0v) is 19.2. The van der Waals surface area contributed by atoms with Gasteiger partial charge in [0.25, 0.3) is 0 Å². The van der Waals surface area contributed by atoms with Crippen molar-refractivity contribution >= 4 is 16.7 Å². The van der Waals surface area contributed by atoms with Crippen molar-refractivity contribution in [1.29, 1.82) is 0 Å². The van der Waals surface area contributed by atoms with Crippen molar-refractivity contribution in [3.63, 3.8) is 0 Å². The number of hydrogen-bond acceptors (Lipinski definition) is 5. The van der Waals surface area contributed by atoms with Crippen molar-refractivity contribution in [2.45, 2.75) is 44.8 Å². The average molecular weight is 445 g/mol. The molecule has 2 aromatic rings. The maximum atomic E-state index is 13.3. The van der Waals surface area contributed by atoms with Gasteiger partial charge in [-0.15, -0.1) is 0 Å². The third-order valence-electron chi connectivity index (χ3n) is 5.85. The van der Waals surface area contributed by atoms with Crippen LogP contribution in [0.15, 0.2) is 41.3 Å². The number of nitrogens with zero attached hydrogens (tertiary/aromatic N) is 4. The van der Waals surface area contributed by atoms with Crippen molar-refractivity contribution in [1.82, 2.24) is 14.1 Å². The number of rotatable bonds is 9. The minimum absolute atomic E-state index is 0.105. The summed E-state index contributed by atoms with van der Waals surface area (Å²) in [5.41, 5.74) is 1.22. The Balaban J connectivity index is 1.55. The monoisotopic (exact) mass is 444 g/mol. The Kier molecular flexibility index (Phi) is 7.07. The van der Waals surface area contributed by atoms with Crippen LogP contribution in [0.5, 0.6) is 5.75 Å². The van der Waals surface area contributed by atoms with E-state index in [1.54, 1.807) is 6.20 Å². The van der Waals surface area contributed by atoms with Crippen LogP contribution in [0.25, 0.3) is 5.69 Å². The molecule has 0 N–H and O–H groups in total. The van der Waals surface area contributed by atoms with Gasteiger partial charge in [0.2, 0.25) is 5.75 Å². The highest BCUT2D eigenvalue weighted by molar-refractivity contribution is 7.83. The number of para-hydroxylation sites is 1. The lowest BCUT2D eigenvalue weighted by atomic mass is 10.2. The van der Waals surface area contributed by atoms with E-state index in [9.17, 15) is 9.00 Å². The van der Waals surface area contributed by atoms with E-state index >= 15 is 0 Å². The second-order valence-electron chi connectivity index (χ2n) is 8.59. The van der Waals surface area contributed by atoms with Gasteiger partial charge in [-0.3, -0.25) is 4.79 Å². The second-order valence-corrected chi connectivity index (χ2v) is 10.6. The molecule has 31 heavy (non-hydrogen) atoms. The minimum atomic E-state index is -0.979. The molecule has 7 nitrogen and oxygen atoms in total. The molecule has 2 heterocycles. The number of hydrogen-bond donors (Lipinski definition) is 0.